The number of amides is 1. The van der Waals surface area contributed by atoms with Crippen molar-refractivity contribution >= 4 is 45.8 Å². The van der Waals surface area contributed by atoms with Gasteiger partial charge in [-0.05, 0) is 47.9 Å². The molecule has 0 saturated heterocycles. The van der Waals surface area contributed by atoms with Gasteiger partial charge in [-0.15, -0.1) is 10.2 Å². The van der Waals surface area contributed by atoms with Gasteiger partial charge in [-0.25, -0.2) is 0 Å². The molecule has 1 amide bonds. The number of fused-ring (bicyclic) bond motifs is 1. The molecule has 3 aromatic carbocycles. The number of carbonyl (C=O) groups excluding carboxylic acids is 2. The number of rotatable bonds is 9. The maximum absolute atomic E-state index is 13.0. The number of aryl methyl sites for hydroxylation is 2. The van der Waals surface area contributed by atoms with Crippen molar-refractivity contribution in [2.24, 2.45) is 0 Å². The van der Waals surface area contributed by atoms with Gasteiger partial charge in [0.15, 0.2) is 10.9 Å². The highest BCUT2D eigenvalue weighted by Gasteiger charge is 2.17. The summed E-state index contributed by atoms with van der Waals surface area (Å²) in [4.78, 5) is 24.1. The zero-order valence-electron chi connectivity index (χ0n) is 19.0. The van der Waals surface area contributed by atoms with Gasteiger partial charge in [-0.1, -0.05) is 65.8 Å². The molecule has 0 aliphatic carbocycles. The highest BCUT2D eigenvalue weighted by molar-refractivity contribution is 7.99. The van der Waals surface area contributed by atoms with Crippen molar-refractivity contribution in [2.75, 3.05) is 12.3 Å². The van der Waals surface area contributed by atoms with Crippen molar-refractivity contribution in [3.05, 3.63) is 82.6 Å². The normalized spacial score (nSPS) is 11.0. The molecule has 6 nitrogen and oxygen atoms in total. The Balaban J connectivity index is 1.55. The third-order valence-electron chi connectivity index (χ3n) is 5.47. The van der Waals surface area contributed by atoms with Crippen molar-refractivity contribution in [3.63, 3.8) is 0 Å². The first kappa shape index (κ1) is 24.0. The van der Waals surface area contributed by atoms with Crippen molar-refractivity contribution in [1.82, 2.24) is 20.1 Å². The summed E-state index contributed by atoms with van der Waals surface area (Å²) < 4.78 is 1.94. The molecule has 1 aromatic heterocycles. The van der Waals surface area contributed by atoms with Crippen LogP contribution in [0.15, 0.2) is 65.8 Å². The number of halogens is 1. The van der Waals surface area contributed by atoms with Gasteiger partial charge in [-0.2, -0.15) is 0 Å². The van der Waals surface area contributed by atoms with Crippen molar-refractivity contribution in [2.45, 2.75) is 31.8 Å². The molecular weight excluding hydrogens is 468 g/mol. The van der Waals surface area contributed by atoms with Gasteiger partial charge in [0.05, 0.1) is 11.4 Å². The number of Topliss-reactive ketones (excluding diaryl/α,β-unsaturated/α-hetero) is 1. The second-order valence-electron chi connectivity index (χ2n) is 8.03. The number of nitrogens with one attached hydrogen (secondary N) is 1. The lowest BCUT2D eigenvalue weighted by Crippen LogP contribution is -2.21. The van der Waals surface area contributed by atoms with Gasteiger partial charge in [-0.3, -0.25) is 14.2 Å². The molecule has 0 fully saturated rings. The molecule has 0 saturated carbocycles. The van der Waals surface area contributed by atoms with E-state index in [-0.39, 0.29) is 17.4 Å². The zero-order valence-corrected chi connectivity index (χ0v) is 20.6. The van der Waals surface area contributed by atoms with E-state index in [1.807, 2.05) is 72.2 Å². The Hall–Kier alpha value is -3.16. The lowest BCUT2D eigenvalue weighted by Gasteiger charge is -2.12. The molecule has 4 aromatic rings. The Kier molecular flexibility index (Phi) is 7.65. The molecule has 4 rings (SSSR count). The van der Waals surface area contributed by atoms with E-state index < -0.39 is 0 Å². The summed E-state index contributed by atoms with van der Waals surface area (Å²) in [6.07, 6.45) is 1.34. The SMILES string of the molecule is CC(=O)NCCCc1nnc(SCC(=O)c2ccc3ccccc3c2)n1-c1ccc(C)c(Cl)c1. The number of carbonyl (C=O) groups is 2. The van der Waals surface area contributed by atoms with Crippen LogP contribution >= 0.6 is 23.4 Å². The molecule has 0 radical (unpaired) electrons. The summed E-state index contributed by atoms with van der Waals surface area (Å²) in [5, 5.41) is 15.0. The molecule has 0 spiro atoms. The average Bonchev–Trinajstić information content (AvgIpc) is 3.24. The molecule has 34 heavy (non-hydrogen) atoms. The number of ketones is 1. The number of hydrogen-bond acceptors (Lipinski definition) is 5. The molecule has 0 unspecified atom stereocenters. The van der Waals surface area contributed by atoms with Gasteiger partial charge in [0, 0.05) is 30.5 Å². The molecule has 1 N–H and O–H groups in total. The van der Waals surface area contributed by atoms with E-state index in [2.05, 4.69) is 15.5 Å². The van der Waals surface area contributed by atoms with Crippen LogP contribution in [0.5, 0.6) is 0 Å². The van der Waals surface area contributed by atoms with Crippen molar-refractivity contribution in [3.8, 4) is 5.69 Å². The smallest absolute Gasteiger partial charge is 0.216 e. The molecule has 0 atom stereocenters. The first-order chi connectivity index (χ1) is 16.4. The summed E-state index contributed by atoms with van der Waals surface area (Å²) in [7, 11) is 0. The maximum atomic E-state index is 13.0. The summed E-state index contributed by atoms with van der Waals surface area (Å²) in [6, 6.07) is 19.5. The lowest BCUT2D eigenvalue weighted by molar-refractivity contribution is -0.118. The minimum Gasteiger partial charge on any atom is -0.356 e. The Morgan fingerprint density at radius 3 is 2.59 bits per heavy atom. The fraction of sp³-hybridized carbons (Fsp3) is 0.231. The third kappa shape index (κ3) is 5.66. The van der Waals surface area contributed by atoms with Gasteiger partial charge < -0.3 is 5.32 Å². The van der Waals surface area contributed by atoms with Gasteiger partial charge in [0.1, 0.15) is 5.82 Å². The Bertz CT molecular complexity index is 1350. The largest absolute Gasteiger partial charge is 0.356 e. The molecule has 1 heterocycles. The second-order valence-corrected chi connectivity index (χ2v) is 9.38. The van der Waals surface area contributed by atoms with Gasteiger partial charge in [0.25, 0.3) is 0 Å². The Morgan fingerprint density at radius 1 is 1.03 bits per heavy atom. The summed E-state index contributed by atoms with van der Waals surface area (Å²) >= 11 is 7.74. The highest BCUT2D eigenvalue weighted by Crippen LogP contribution is 2.27. The van der Waals surface area contributed by atoms with Crippen molar-refractivity contribution in [1.29, 1.82) is 0 Å². The highest BCUT2D eigenvalue weighted by atomic mass is 35.5. The second kappa shape index (κ2) is 10.8. The Labute approximate surface area is 207 Å². The van der Waals surface area contributed by atoms with Gasteiger partial charge >= 0.3 is 0 Å². The van der Waals surface area contributed by atoms with Crippen LogP contribution in [-0.4, -0.2) is 38.8 Å². The van der Waals surface area contributed by atoms with Crippen molar-refractivity contribution < 1.29 is 9.59 Å². The van der Waals surface area contributed by atoms with Crippen LogP contribution in [-0.2, 0) is 11.2 Å². The number of benzene rings is 3. The summed E-state index contributed by atoms with van der Waals surface area (Å²) in [5.74, 6) is 0.961. The van der Waals surface area contributed by atoms with E-state index in [1.54, 1.807) is 0 Å². The maximum Gasteiger partial charge on any atom is 0.216 e. The van der Waals surface area contributed by atoms with Gasteiger partial charge in [0.2, 0.25) is 5.91 Å². The molecule has 0 aliphatic heterocycles. The fourth-order valence-corrected chi connectivity index (χ4v) is 4.66. The molecule has 0 aliphatic rings. The predicted molar refractivity (Wildman–Crippen MR) is 137 cm³/mol. The first-order valence-corrected chi connectivity index (χ1v) is 12.4. The first-order valence-electron chi connectivity index (χ1n) is 11.0. The van der Waals surface area contributed by atoms with Crippen LogP contribution in [0.25, 0.3) is 16.5 Å². The minimum atomic E-state index is -0.0600. The van der Waals surface area contributed by atoms with Crippen LogP contribution < -0.4 is 5.32 Å². The minimum absolute atomic E-state index is 0.0273. The number of thioether (sulfide) groups is 1. The standard InChI is InChI=1S/C26H25ClN4O2S/c1-17-9-12-22(15-23(17)27)31-25(8-5-13-28-18(2)32)29-30-26(31)34-16-24(33)21-11-10-19-6-3-4-7-20(19)14-21/h3-4,6-7,9-12,14-15H,5,8,13,16H2,1-2H3,(H,28,32). The number of aromatic nitrogens is 3. The summed E-state index contributed by atoms with van der Waals surface area (Å²) in [6.45, 7) is 4.00. The number of nitrogens with zero attached hydrogens (tertiary/aromatic N) is 3. The Morgan fingerprint density at radius 2 is 1.82 bits per heavy atom. The number of hydrogen-bond donors (Lipinski definition) is 1. The van der Waals surface area contributed by atoms with E-state index >= 15 is 0 Å². The van der Waals surface area contributed by atoms with E-state index in [9.17, 15) is 9.59 Å². The van der Waals surface area contributed by atoms with Crippen LogP contribution in [0.3, 0.4) is 0 Å². The van der Waals surface area contributed by atoms with E-state index in [4.69, 9.17) is 11.6 Å². The molecule has 8 heteroatoms. The monoisotopic (exact) mass is 492 g/mol. The predicted octanol–water partition coefficient (Wildman–Crippen LogP) is 5.43. The van der Waals surface area contributed by atoms with E-state index in [0.29, 0.717) is 28.7 Å². The lowest BCUT2D eigenvalue weighted by atomic mass is 10.1. The average molecular weight is 493 g/mol. The van der Waals surface area contributed by atoms with Crippen LogP contribution in [0.4, 0.5) is 0 Å². The molecule has 0 bridgehead atoms. The fourth-order valence-electron chi connectivity index (χ4n) is 3.62. The molecular formula is C26H25ClN4O2S. The van der Waals surface area contributed by atoms with Crippen LogP contribution in [0.1, 0.15) is 35.1 Å². The third-order valence-corrected chi connectivity index (χ3v) is 6.81. The topological polar surface area (TPSA) is 76.9 Å². The van der Waals surface area contributed by atoms with Crippen LogP contribution in [0.2, 0.25) is 5.02 Å². The van der Waals surface area contributed by atoms with Crippen LogP contribution in [0, 0.1) is 6.92 Å². The van der Waals surface area contributed by atoms with E-state index in [0.717, 1.165) is 34.3 Å². The van der Waals surface area contributed by atoms with E-state index in [1.165, 1.54) is 18.7 Å². The quantitative estimate of drug-likeness (QED) is 0.191. The summed E-state index contributed by atoms with van der Waals surface area (Å²) in [5.41, 5.74) is 2.49. The zero-order chi connectivity index (χ0) is 24.1. The molecule has 174 valence electrons.